The van der Waals surface area contributed by atoms with Gasteiger partial charge in [-0.15, -0.1) is 0 Å². The Morgan fingerprint density at radius 2 is 1.95 bits per heavy atom. The molecule has 0 bridgehead atoms. The van der Waals surface area contributed by atoms with Gasteiger partial charge in [-0.2, -0.15) is 5.10 Å². The predicted molar refractivity (Wildman–Crippen MR) is 79.0 cm³/mol. The van der Waals surface area contributed by atoms with Gasteiger partial charge in [-0.3, -0.25) is 4.68 Å². The second kappa shape index (κ2) is 5.33. The Morgan fingerprint density at radius 3 is 2.68 bits per heavy atom. The molecule has 2 N–H and O–H groups in total. The van der Waals surface area contributed by atoms with Gasteiger partial charge in [-0.05, 0) is 51.0 Å². The molecule has 102 valence electrons. The van der Waals surface area contributed by atoms with Crippen molar-refractivity contribution in [3.8, 4) is 0 Å². The van der Waals surface area contributed by atoms with Crippen LogP contribution in [0.2, 0.25) is 0 Å². The van der Waals surface area contributed by atoms with E-state index in [1.54, 1.807) is 0 Å². The maximum atomic E-state index is 5.99. The third-order valence-corrected chi connectivity index (χ3v) is 4.41. The van der Waals surface area contributed by atoms with Gasteiger partial charge in [0, 0.05) is 18.0 Å². The SMILES string of the molecule is CCn1nc(CC2CCC(N)CC2)c2ccccc21. The van der Waals surface area contributed by atoms with E-state index in [0.29, 0.717) is 6.04 Å². The molecule has 1 aromatic heterocycles. The lowest BCUT2D eigenvalue weighted by molar-refractivity contribution is 0.323. The largest absolute Gasteiger partial charge is 0.328 e. The molecule has 1 fully saturated rings. The number of hydrogen-bond acceptors (Lipinski definition) is 2. The summed E-state index contributed by atoms with van der Waals surface area (Å²) in [6.45, 7) is 3.10. The molecule has 1 aliphatic carbocycles. The van der Waals surface area contributed by atoms with Crippen LogP contribution in [0.1, 0.15) is 38.3 Å². The minimum atomic E-state index is 0.432. The summed E-state index contributed by atoms with van der Waals surface area (Å²) in [6, 6.07) is 9.02. The molecule has 1 heterocycles. The van der Waals surface area contributed by atoms with Crippen molar-refractivity contribution in [2.45, 2.75) is 51.6 Å². The maximum absolute atomic E-state index is 5.99. The summed E-state index contributed by atoms with van der Waals surface area (Å²) in [5.41, 5.74) is 8.53. The predicted octanol–water partition coefficient (Wildman–Crippen LogP) is 3.12. The number of nitrogens with zero attached hydrogens (tertiary/aromatic N) is 2. The Morgan fingerprint density at radius 1 is 1.21 bits per heavy atom. The molecule has 0 radical (unpaired) electrons. The van der Waals surface area contributed by atoms with Gasteiger partial charge in [0.25, 0.3) is 0 Å². The zero-order valence-electron chi connectivity index (χ0n) is 11.7. The van der Waals surface area contributed by atoms with Crippen molar-refractivity contribution in [3.05, 3.63) is 30.0 Å². The van der Waals surface area contributed by atoms with Crippen LogP contribution in [-0.2, 0) is 13.0 Å². The molecule has 3 rings (SSSR count). The van der Waals surface area contributed by atoms with Crippen molar-refractivity contribution in [1.29, 1.82) is 0 Å². The first-order valence-electron chi connectivity index (χ1n) is 7.48. The Hall–Kier alpha value is -1.35. The van der Waals surface area contributed by atoms with Crippen LogP contribution in [0, 0.1) is 5.92 Å². The fourth-order valence-electron chi connectivity index (χ4n) is 3.25. The summed E-state index contributed by atoms with van der Waals surface area (Å²) < 4.78 is 2.12. The number of aromatic nitrogens is 2. The van der Waals surface area contributed by atoms with Crippen molar-refractivity contribution in [1.82, 2.24) is 9.78 Å². The summed E-state index contributed by atoms with van der Waals surface area (Å²) in [6.07, 6.45) is 5.98. The van der Waals surface area contributed by atoms with Crippen LogP contribution in [0.5, 0.6) is 0 Å². The molecule has 2 aromatic rings. The van der Waals surface area contributed by atoms with E-state index in [-0.39, 0.29) is 0 Å². The molecule has 1 aliphatic rings. The lowest BCUT2D eigenvalue weighted by Crippen LogP contribution is -2.27. The highest BCUT2D eigenvalue weighted by atomic mass is 15.3. The van der Waals surface area contributed by atoms with Crippen molar-refractivity contribution in [2.75, 3.05) is 0 Å². The number of para-hydroxylation sites is 1. The Balaban J connectivity index is 1.84. The highest BCUT2D eigenvalue weighted by Gasteiger charge is 2.21. The lowest BCUT2D eigenvalue weighted by Gasteiger charge is -2.25. The first-order chi connectivity index (χ1) is 9.28. The fourth-order valence-corrected chi connectivity index (χ4v) is 3.25. The van der Waals surface area contributed by atoms with Crippen LogP contribution in [0.3, 0.4) is 0 Å². The normalized spacial score (nSPS) is 23.9. The zero-order valence-corrected chi connectivity index (χ0v) is 11.7. The molecule has 0 spiro atoms. The minimum Gasteiger partial charge on any atom is -0.328 e. The van der Waals surface area contributed by atoms with Crippen LogP contribution >= 0.6 is 0 Å². The van der Waals surface area contributed by atoms with Crippen LogP contribution in [-0.4, -0.2) is 15.8 Å². The summed E-state index contributed by atoms with van der Waals surface area (Å²) in [4.78, 5) is 0. The Labute approximate surface area is 114 Å². The first kappa shape index (κ1) is 12.7. The zero-order chi connectivity index (χ0) is 13.2. The molecule has 0 amide bonds. The molecule has 0 saturated heterocycles. The van der Waals surface area contributed by atoms with Crippen LogP contribution in [0.15, 0.2) is 24.3 Å². The molecule has 19 heavy (non-hydrogen) atoms. The quantitative estimate of drug-likeness (QED) is 0.918. The van der Waals surface area contributed by atoms with Gasteiger partial charge in [-0.1, -0.05) is 18.2 Å². The Kier molecular flexibility index (Phi) is 3.56. The van der Waals surface area contributed by atoms with E-state index in [4.69, 9.17) is 10.8 Å². The Bertz CT molecular complexity index is 550. The van der Waals surface area contributed by atoms with E-state index in [9.17, 15) is 0 Å². The molecular weight excluding hydrogens is 234 g/mol. The number of hydrogen-bond donors (Lipinski definition) is 1. The molecule has 1 saturated carbocycles. The van der Waals surface area contributed by atoms with Crippen molar-refractivity contribution < 1.29 is 0 Å². The van der Waals surface area contributed by atoms with Crippen LogP contribution in [0.25, 0.3) is 10.9 Å². The minimum absolute atomic E-state index is 0.432. The molecular formula is C16H23N3. The van der Waals surface area contributed by atoms with Crippen molar-refractivity contribution >= 4 is 10.9 Å². The van der Waals surface area contributed by atoms with Crippen LogP contribution < -0.4 is 5.73 Å². The third kappa shape index (κ3) is 2.52. The van der Waals surface area contributed by atoms with E-state index in [0.717, 1.165) is 18.9 Å². The average molecular weight is 257 g/mol. The standard InChI is InChI=1S/C16H23N3/c1-2-19-16-6-4-3-5-14(16)15(18-19)11-12-7-9-13(17)10-8-12/h3-6,12-13H,2,7-11,17H2,1H3. The van der Waals surface area contributed by atoms with E-state index in [2.05, 4.69) is 35.9 Å². The highest BCUT2D eigenvalue weighted by Crippen LogP contribution is 2.28. The van der Waals surface area contributed by atoms with Gasteiger partial charge in [0.05, 0.1) is 11.2 Å². The maximum Gasteiger partial charge on any atom is 0.0706 e. The number of fused-ring (bicyclic) bond motifs is 1. The molecule has 0 atom stereocenters. The van der Waals surface area contributed by atoms with Gasteiger partial charge in [0.15, 0.2) is 0 Å². The highest BCUT2D eigenvalue weighted by molar-refractivity contribution is 5.81. The van der Waals surface area contributed by atoms with Crippen molar-refractivity contribution in [2.24, 2.45) is 11.7 Å². The van der Waals surface area contributed by atoms with E-state index in [1.165, 1.54) is 42.3 Å². The van der Waals surface area contributed by atoms with Gasteiger partial charge in [-0.25, -0.2) is 0 Å². The van der Waals surface area contributed by atoms with Crippen molar-refractivity contribution in [3.63, 3.8) is 0 Å². The summed E-state index contributed by atoms with van der Waals surface area (Å²) in [5.74, 6) is 0.767. The lowest BCUT2D eigenvalue weighted by atomic mass is 9.83. The topological polar surface area (TPSA) is 43.8 Å². The third-order valence-electron chi connectivity index (χ3n) is 4.41. The van der Waals surface area contributed by atoms with E-state index < -0.39 is 0 Å². The molecule has 3 nitrogen and oxygen atoms in total. The summed E-state index contributed by atoms with van der Waals surface area (Å²) in [5, 5.41) is 6.14. The van der Waals surface area contributed by atoms with Gasteiger partial charge >= 0.3 is 0 Å². The first-order valence-corrected chi connectivity index (χ1v) is 7.48. The van der Waals surface area contributed by atoms with Crippen LogP contribution in [0.4, 0.5) is 0 Å². The molecule has 0 unspecified atom stereocenters. The summed E-state index contributed by atoms with van der Waals surface area (Å²) >= 11 is 0. The number of benzene rings is 1. The molecule has 1 aromatic carbocycles. The number of rotatable bonds is 3. The number of nitrogens with two attached hydrogens (primary N) is 1. The molecule has 0 aliphatic heterocycles. The second-order valence-electron chi connectivity index (χ2n) is 5.76. The number of aryl methyl sites for hydroxylation is 1. The molecule has 3 heteroatoms. The summed E-state index contributed by atoms with van der Waals surface area (Å²) in [7, 11) is 0. The average Bonchev–Trinajstić information content (AvgIpc) is 2.80. The van der Waals surface area contributed by atoms with Gasteiger partial charge in [0.1, 0.15) is 0 Å². The van der Waals surface area contributed by atoms with E-state index >= 15 is 0 Å². The second-order valence-corrected chi connectivity index (χ2v) is 5.76. The monoisotopic (exact) mass is 257 g/mol. The van der Waals surface area contributed by atoms with E-state index in [1.807, 2.05) is 0 Å². The van der Waals surface area contributed by atoms with Gasteiger partial charge < -0.3 is 5.73 Å². The van der Waals surface area contributed by atoms with Gasteiger partial charge in [0.2, 0.25) is 0 Å². The fraction of sp³-hybridized carbons (Fsp3) is 0.562. The smallest absolute Gasteiger partial charge is 0.0706 e.